The van der Waals surface area contributed by atoms with Crippen LogP contribution >= 0.6 is 15.9 Å². The monoisotopic (exact) mass is 319 g/mol. The number of carbonyl (C=O) groups is 2. The lowest BCUT2D eigenvalue weighted by molar-refractivity contribution is -0.142. The minimum absolute atomic E-state index is 0.0386. The molecule has 0 radical (unpaired) electrons. The first-order valence-electron chi connectivity index (χ1n) is 4.98. The van der Waals surface area contributed by atoms with Crippen LogP contribution in [0.25, 0.3) is 0 Å². The van der Waals surface area contributed by atoms with Gasteiger partial charge in [-0.2, -0.15) is 0 Å². The van der Waals surface area contributed by atoms with Crippen molar-refractivity contribution in [2.75, 3.05) is 13.1 Å². The summed E-state index contributed by atoms with van der Waals surface area (Å²) in [7, 11) is 0. The zero-order valence-corrected chi connectivity index (χ0v) is 10.9. The zero-order valence-electron chi connectivity index (χ0n) is 9.27. The minimum atomic E-state index is -1.14. The van der Waals surface area contributed by atoms with Gasteiger partial charge in [0, 0.05) is 11.0 Å². The predicted octanol–water partition coefficient (Wildman–Crippen LogP) is 1.56. The normalized spacial score (nSPS) is 10.6. The molecule has 1 aromatic carbocycles. The van der Waals surface area contributed by atoms with E-state index in [1.807, 2.05) is 0 Å². The van der Waals surface area contributed by atoms with Crippen molar-refractivity contribution in [1.29, 1.82) is 0 Å². The number of hydrogen-bond donors (Lipinski definition) is 2. The summed E-state index contributed by atoms with van der Waals surface area (Å²) in [6, 6.07) is 3.98. The fourth-order valence-corrected chi connectivity index (χ4v) is 1.83. The Hall–Kier alpha value is -1.47. The lowest BCUT2D eigenvalue weighted by Gasteiger charge is -2.18. The summed E-state index contributed by atoms with van der Waals surface area (Å²) in [6.45, 7) is -0.804. The molecule has 18 heavy (non-hydrogen) atoms. The van der Waals surface area contributed by atoms with E-state index in [4.69, 9.17) is 10.2 Å². The highest BCUT2D eigenvalue weighted by Gasteiger charge is 2.15. The van der Waals surface area contributed by atoms with Crippen LogP contribution in [-0.4, -0.2) is 40.1 Å². The van der Waals surface area contributed by atoms with Crippen molar-refractivity contribution in [3.63, 3.8) is 0 Å². The van der Waals surface area contributed by atoms with E-state index in [1.165, 1.54) is 23.1 Å². The number of benzene rings is 1. The van der Waals surface area contributed by atoms with Gasteiger partial charge in [0.2, 0.25) is 0 Å². The van der Waals surface area contributed by atoms with Gasteiger partial charge in [0.25, 0.3) is 0 Å². The molecule has 0 aliphatic carbocycles. The number of hydrogen-bond acceptors (Lipinski definition) is 3. The Kier molecular flexibility index (Phi) is 5.24. The Morgan fingerprint density at radius 2 is 1.78 bits per heavy atom. The number of nitrogens with zero attached hydrogens (tertiary/aromatic N) is 1. The molecule has 0 saturated carbocycles. The Bertz CT molecular complexity index is 450. The molecule has 1 rings (SSSR count). The molecule has 7 heteroatoms. The second-order valence-corrected chi connectivity index (χ2v) is 4.52. The van der Waals surface area contributed by atoms with Crippen molar-refractivity contribution >= 4 is 27.9 Å². The third-order valence-corrected chi connectivity index (χ3v) is 2.89. The number of rotatable bonds is 6. The highest BCUT2D eigenvalue weighted by atomic mass is 79.9. The predicted molar refractivity (Wildman–Crippen MR) is 64.6 cm³/mol. The fourth-order valence-electron chi connectivity index (χ4n) is 1.46. The smallest absolute Gasteiger partial charge is 0.317 e. The maximum absolute atomic E-state index is 13.1. The van der Waals surface area contributed by atoms with Crippen LogP contribution in [0.3, 0.4) is 0 Å². The molecule has 0 heterocycles. The highest BCUT2D eigenvalue weighted by Crippen LogP contribution is 2.19. The molecule has 0 amide bonds. The summed E-state index contributed by atoms with van der Waals surface area (Å²) in [5.41, 5.74) is 0.498. The molecule has 0 fully saturated rings. The lowest BCUT2D eigenvalue weighted by Crippen LogP contribution is -2.34. The molecule has 1 aromatic rings. The maximum atomic E-state index is 13.1. The van der Waals surface area contributed by atoms with E-state index in [0.29, 0.717) is 10.0 Å². The summed E-state index contributed by atoms with van der Waals surface area (Å²) in [6.07, 6.45) is 0. The van der Waals surface area contributed by atoms with Crippen molar-refractivity contribution in [3.05, 3.63) is 34.1 Å². The molecular weight excluding hydrogens is 309 g/mol. The van der Waals surface area contributed by atoms with Crippen LogP contribution in [0.1, 0.15) is 5.56 Å². The molecule has 2 N–H and O–H groups in total. The zero-order chi connectivity index (χ0) is 13.7. The first kappa shape index (κ1) is 14.6. The molecule has 0 unspecified atom stereocenters. The van der Waals surface area contributed by atoms with E-state index in [9.17, 15) is 14.0 Å². The second-order valence-electron chi connectivity index (χ2n) is 3.67. The molecule has 98 valence electrons. The Morgan fingerprint density at radius 1 is 1.22 bits per heavy atom. The molecular formula is C11H11BrFNO4. The SMILES string of the molecule is O=C(O)CN(CC(=O)O)Cc1cc(F)ccc1Br. The van der Waals surface area contributed by atoms with Crippen molar-refractivity contribution in [1.82, 2.24) is 4.90 Å². The van der Waals surface area contributed by atoms with Gasteiger partial charge in [0.15, 0.2) is 0 Å². The fraction of sp³-hybridized carbons (Fsp3) is 0.273. The van der Waals surface area contributed by atoms with Crippen LogP contribution in [-0.2, 0) is 16.1 Å². The molecule has 0 aromatic heterocycles. The third kappa shape index (κ3) is 4.80. The van der Waals surface area contributed by atoms with Crippen molar-refractivity contribution in [2.45, 2.75) is 6.54 Å². The first-order chi connectivity index (χ1) is 8.38. The van der Waals surface area contributed by atoms with Crippen LogP contribution in [0.5, 0.6) is 0 Å². The molecule has 0 bridgehead atoms. The second kappa shape index (κ2) is 6.46. The van der Waals surface area contributed by atoms with E-state index < -0.39 is 30.8 Å². The van der Waals surface area contributed by atoms with Gasteiger partial charge in [0.1, 0.15) is 5.82 Å². The molecule has 0 saturated heterocycles. The van der Waals surface area contributed by atoms with Crippen molar-refractivity contribution < 1.29 is 24.2 Å². The summed E-state index contributed by atoms with van der Waals surface area (Å²) >= 11 is 3.20. The van der Waals surface area contributed by atoms with Crippen molar-refractivity contribution in [2.24, 2.45) is 0 Å². The van der Waals surface area contributed by atoms with Gasteiger partial charge in [-0.3, -0.25) is 14.5 Å². The van der Waals surface area contributed by atoms with Gasteiger partial charge in [0.05, 0.1) is 13.1 Å². The van der Waals surface area contributed by atoms with E-state index in [2.05, 4.69) is 15.9 Å². The standard InChI is InChI=1S/C11H11BrFNO4/c12-9-2-1-8(13)3-7(9)4-14(5-10(15)16)6-11(17)18/h1-3H,4-6H2,(H,15,16)(H,17,18). The highest BCUT2D eigenvalue weighted by molar-refractivity contribution is 9.10. The minimum Gasteiger partial charge on any atom is -0.480 e. The average Bonchev–Trinajstić information content (AvgIpc) is 2.21. The summed E-state index contributed by atoms with van der Waals surface area (Å²) < 4.78 is 13.7. The van der Waals surface area contributed by atoms with Gasteiger partial charge in [-0.05, 0) is 23.8 Å². The third-order valence-electron chi connectivity index (χ3n) is 2.12. The summed E-state index contributed by atoms with van der Waals surface area (Å²) in [4.78, 5) is 22.4. The van der Waals surface area contributed by atoms with Crippen LogP contribution in [0, 0.1) is 5.82 Å². The number of carboxylic acid groups (broad SMARTS) is 2. The van der Waals surface area contributed by atoms with Crippen LogP contribution in [0.15, 0.2) is 22.7 Å². The largest absolute Gasteiger partial charge is 0.480 e. The van der Waals surface area contributed by atoms with Gasteiger partial charge in [-0.25, -0.2) is 4.39 Å². The Labute approximate surface area is 111 Å². The number of carboxylic acids is 2. The Morgan fingerprint density at radius 3 is 2.28 bits per heavy atom. The number of halogens is 2. The Balaban J connectivity index is 2.84. The van der Waals surface area contributed by atoms with Crippen molar-refractivity contribution in [3.8, 4) is 0 Å². The molecule has 0 spiro atoms. The average molecular weight is 320 g/mol. The summed E-state index contributed by atoms with van der Waals surface area (Å²) in [5, 5.41) is 17.4. The van der Waals surface area contributed by atoms with Crippen LogP contribution in [0.2, 0.25) is 0 Å². The van der Waals surface area contributed by atoms with E-state index in [1.54, 1.807) is 0 Å². The molecule has 0 atom stereocenters. The topological polar surface area (TPSA) is 77.8 Å². The van der Waals surface area contributed by atoms with E-state index >= 15 is 0 Å². The van der Waals surface area contributed by atoms with E-state index in [0.717, 1.165) is 0 Å². The first-order valence-corrected chi connectivity index (χ1v) is 5.77. The van der Waals surface area contributed by atoms with Crippen LogP contribution in [0.4, 0.5) is 4.39 Å². The van der Waals surface area contributed by atoms with Crippen LogP contribution < -0.4 is 0 Å². The summed E-state index contributed by atoms with van der Waals surface area (Å²) in [5.74, 6) is -2.73. The number of aliphatic carboxylic acids is 2. The quantitative estimate of drug-likeness (QED) is 0.832. The van der Waals surface area contributed by atoms with Gasteiger partial charge >= 0.3 is 11.9 Å². The molecule has 0 aliphatic rings. The van der Waals surface area contributed by atoms with E-state index in [-0.39, 0.29) is 6.54 Å². The molecule has 5 nitrogen and oxygen atoms in total. The maximum Gasteiger partial charge on any atom is 0.317 e. The van der Waals surface area contributed by atoms with Gasteiger partial charge in [-0.1, -0.05) is 15.9 Å². The van der Waals surface area contributed by atoms with Gasteiger partial charge in [-0.15, -0.1) is 0 Å². The molecule has 0 aliphatic heterocycles. The lowest BCUT2D eigenvalue weighted by atomic mass is 10.2. The van der Waals surface area contributed by atoms with Gasteiger partial charge < -0.3 is 10.2 Å².